The molecule has 1 aliphatic heterocycles. The van der Waals surface area contributed by atoms with Crippen molar-refractivity contribution in [3.8, 4) is 0 Å². The molecule has 0 bridgehead atoms. The number of aliphatic hydroxyl groups excluding tert-OH is 1. The third-order valence-electron chi connectivity index (χ3n) is 3.94. The van der Waals surface area contributed by atoms with Crippen molar-refractivity contribution in [3.05, 3.63) is 35.9 Å². The highest BCUT2D eigenvalue weighted by molar-refractivity contribution is 5.18. The molecule has 2 nitrogen and oxygen atoms in total. The summed E-state index contributed by atoms with van der Waals surface area (Å²) in [6.45, 7) is 3.93. The Morgan fingerprint density at radius 1 is 1.22 bits per heavy atom. The van der Waals surface area contributed by atoms with Crippen LogP contribution in [0, 0.1) is 5.92 Å². The van der Waals surface area contributed by atoms with Gasteiger partial charge in [-0.3, -0.25) is 0 Å². The van der Waals surface area contributed by atoms with Crippen molar-refractivity contribution in [2.24, 2.45) is 5.92 Å². The monoisotopic (exact) mass is 248 g/mol. The van der Waals surface area contributed by atoms with Gasteiger partial charge in [0, 0.05) is 13.2 Å². The van der Waals surface area contributed by atoms with Crippen molar-refractivity contribution < 1.29 is 9.84 Å². The Morgan fingerprint density at radius 3 is 2.56 bits per heavy atom. The molecule has 1 saturated heterocycles. The van der Waals surface area contributed by atoms with E-state index in [2.05, 4.69) is 31.2 Å². The fraction of sp³-hybridized carbons (Fsp3) is 0.625. The molecule has 18 heavy (non-hydrogen) atoms. The van der Waals surface area contributed by atoms with E-state index in [9.17, 15) is 5.11 Å². The van der Waals surface area contributed by atoms with E-state index in [-0.39, 0.29) is 6.10 Å². The molecule has 100 valence electrons. The number of hydrogen-bond donors (Lipinski definition) is 1. The minimum atomic E-state index is -0.177. The van der Waals surface area contributed by atoms with Crippen LogP contribution in [0.25, 0.3) is 0 Å². The van der Waals surface area contributed by atoms with Gasteiger partial charge in [0.25, 0.3) is 0 Å². The summed E-state index contributed by atoms with van der Waals surface area (Å²) >= 11 is 0. The molecule has 2 unspecified atom stereocenters. The fourth-order valence-corrected chi connectivity index (χ4v) is 2.79. The normalized spacial score (nSPS) is 20.6. The van der Waals surface area contributed by atoms with Crippen LogP contribution in [0.5, 0.6) is 0 Å². The van der Waals surface area contributed by atoms with Gasteiger partial charge in [-0.1, -0.05) is 37.3 Å². The molecule has 1 heterocycles. The van der Waals surface area contributed by atoms with Gasteiger partial charge in [0.1, 0.15) is 0 Å². The van der Waals surface area contributed by atoms with Gasteiger partial charge in [0.05, 0.1) is 6.10 Å². The van der Waals surface area contributed by atoms with Gasteiger partial charge in [0.15, 0.2) is 0 Å². The first-order valence-electron chi connectivity index (χ1n) is 7.06. The third kappa shape index (κ3) is 4.11. The van der Waals surface area contributed by atoms with E-state index in [1.165, 1.54) is 5.56 Å². The zero-order valence-electron chi connectivity index (χ0n) is 11.2. The summed E-state index contributed by atoms with van der Waals surface area (Å²) in [4.78, 5) is 0. The Balaban J connectivity index is 1.78. The minimum Gasteiger partial charge on any atom is -0.393 e. The molecule has 0 aliphatic carbocycles. The Hall–Kier alpha value is -0.860. The minimum absolute atomic E-state index is 0.177. The second-order valence-corrected chi connectivity index (χ2v) is 5.49. The lowest BCUT2D eigenvalue weighted by molar-refractivity contribution is 0.0409. The van der Waals surface area contributed by atoms with Crippen LogP contribution < -0.4 is 0 Å². The number of ether oxygens (including phenoxy) is 1. The Kier molecular flexibility index (Phi) is 5.21. The van der Waals surface area contributed by atoms with Gasteiger partial charge in [-0.15, -0.1) is 0 Å². The van der Waals surface area contributed by atoms with Crippen molar-refractivity contribution in [1.82, 2.24) is 0 Å². The van der Waals surface area contributed by atoms with Crippen LogP contribution in [0.2, 0.25) is 0 Å². The molecule has 2 heteroatoms. The van der Waals surface area contributed by atoms with Crippen LogP contribution in [-0.4, -0.2) is 24.4 Å². The first-order chi connectivity index (χ1) is 8.75. The highest BCUT2D eigenvalue weighted by Gasteiger charge is 2.19. The summed E-state index contributed by atoms with van der Waals surface area (Å²) in [6.07, 6.45) is 3.83. The molecule has 1 aromatic carbocycles. The number of benzene rings is 1. The van der Waals surface area contributed by atoms with Crippen LogP contribution in [0.4, 0.5) is 0 Å². The largest absolute Gasteiger partial charge is 0.393 e. The molecular formula is C16H24O2. The van der Waals surface area contributed by atoms with Gasteiger partial charge < -0.3 is 9.84 Å². The summed E-state index contributed by atoms with van der Waals surface area (Å²) in [5.41, 5.74) is 1.32. The van der Waals surface area contributed by atoms with E-state index in [1.54, 1.807) is 0 Å². The summed E-state index contributed by atoms with van der Waals surface area (Å²) in [6, 6.07) is 10.5. The van der Waals surface area contributed by atoms with E-state index in [4.69, 9.17) is 4.74 Å². The fourth-order valence-electron chi connectivity index (χ4n) is 2.79. The van der Waals surface area contributed by atoms with E-state index in [0.717, 1.165) is 38.9 Å². The van der Waals surface area contributed by atoms with Crippen molar-refractivity contribution in [2.75, 3.05) is 13.2 Å². The predicted octanol–water partition coefficient (Wildman–Crippen LogP) is 3.36. The first kappa shape index (κ1) is 13.6. The van der Waals surface area contributed by atoms with Gasteiger partial charge in [-0.05, 0) is 43.1 Å². The predicted molar refractivity (Wildman–Crippen MR) is 73.6 cm³/mol. The maximum Gasteiger partial charge on any atom is 0.0548 e. The maximum atomic E-state index is 10.2. The van der Waals surface area contributed by atoms with E-state index >= 15 is 0 Å². The van der Waals surface area contributed by atoms with Crippen molar-refractivity contribution in [3.63, 3.8) is 0 Å². The Labute approximate surface area is 110 Å². The lowest BCUT2D eigenvalue weighted by atomic mass is 9.88. The second-order valence-electron chi connectivity index (χ2n) is 5.49. The quantitative estimate of drug-likeness (QED) is 0.866. The van der Waals surface area contributed by atoms with Gasteiger partial charge in [-0.25, -0.2) is 0 Å². The molecule has 1 aromatic rings. The average molecular weight is 248 g/mol. The molecule has 0 saturated carbocycles. The molecular weight excluding hydrogens is 224 g/mol. The molecule has 0 aromatic heterocycles. The third-order valence-corrected chi connectivity index (χ3v) is 3.94. The second kappa shape index (κ2) is 6.91. The topological polar surface area (TPSA) is 29.5 Å². The number of hydrogen-bond acceptors (Lipinski definition) is 2. The zero-order valence-corrected chi connectivity index (χ0v) is 11.2. The van der Waals surface area contributed by atoms with E-state index < -0.39 is 0 Å². The van der Waals surface area contributed by atoms with E-state index in [0.29, 0.717) is 11.8 Å². The van der Waals surface area contributed by atoms with Crippen LogP contribution in [0.15, 0.2) is 30.3 Å². The van der Waals surface area contributed by atoms with Crippen LogP contribution in [0.1, 0.15) is 44.1 Å². The Bertz CT molecular complexity index is 330. The van der Waals surface area contributed by atoms with Crippen molar-refractivity contribution in [2.45, 2.75) is 44.6 Å². The van der Waals surface area contributed by atoms with Crippen LogP contribution >= 0.6 is 0 Å². The first-order valence-corrected chi connectivity index (χ1v) is 7.06. The standard InChI is InChI=1S/C16H24O2/c1-13(15-5-3-2-4-6-15)11-16(17)12-14-7-9-18-10-8-14/h2-6,13-14,16-17H,7-12H2,1H3. The summed E-state index contributed by atoms with van der Waals surface area (Å²) in [5.74, 6) is 1.08. The Morgan fingerprint density at radius 2 is 1.89 bits per heavy atom. The van der Waals surface area contributed by atoms with Crippen LogP contribution in [0.3, 0.4) is 0 Å². The molecule has 2 rings (SSSR count). The SMILES string of the molecule is CC(CC(O)CC1CCOCC1)c1ccccc1. The van der Waals surface area contributed by atoms with Crippen LogP contribution in [-0.2, 0) is 4.74 Å². The summed E-state index contributed by atoms with van der Waals surface area (Å²) < 4.78 is 5.35. The highest BCUT2D eigenvalue weighted by atomic mass is 16.5. The number of aliphatic hydroxyl groups is 1. The average Bonchev–Trinajstić information content (AvgIpc) is 2.40. The van der Waals surface area contributed by atoms with Crippen molar-refractivity contribution in [1.29, 1.82) is 0 Å². The summed E-state index contributed by atoms with van der Waals surface area (Å²) in [5, 5.41) is 10.2. The molecule has 1 fully saturated rings. The molecule has 1 aliphatic rings. The molecule has 0 spiro atoms. The van der Waals surface area contributed by atoms with Gasteiger partial charge in [-0.2, -0.15) is 0 Å². The van der Waals surface area contributed by atoms with E-state index in [1.807, 2.05) is 6.07 Å². The van der Waals surface area contributed by atoms with Gasteiger partial charge in [0.2, 0.25) is 0 Å². The molecule has 2 atom stereocenters. The molecule has 0 amide bonds. The lowest BCUT2D eigenvalue weighted by Gasteiger charge is -2.25. The number of rotatable bonds is 5. The van der Waals surface area contributed by atoms with Crippen molar-refractivity contribution >= 4 is 0 Å². The lowest BCUT2D eigenvalue weighted by Crippen LogP contribution is -2.22. The molecule has 0 radical (unpaired) electrons. The molecule has 1 N–H and O–H groups in total. The summed E-state index contributed by atoms with van der Waals surface area (Å²) in [7, 11) is 0. The smallest absolute Gasteiger partial charge is 0.0548 e. The van der Waals surface area contributed by atoms with Gasteiger partial charge >= 0.3 is 0 Å². The maximum absolute atomic E-state index is 10.2. The zero-order chi connectivity index (χ0) is 12.8. The highest BCUT2D eigenvalue weighted by Crippen LogP contribution is 2.26.